The van der Waals surface area contributed by atoms with E-state index in [2.05, 4.69) is 4.98 Å². The van der Waals surface area contributed by atoms with Crippen LogP contribution in [0.2, 0.25) is 5.15 Å². The summed E-state index contributed by atoms with van der Waals surface area (Å²) in [4.78, 5) is 18.4. The molecule has 1 amide bonds. The Balaban J connectivity index is 1.16. The molecule has 1 unspecified atom stereocenters. The van der Waals surface area contributed by atoms with Crippen molar-refractivity contribution in [3.8, 4) is 0 Å². The van der Waals surface area contributed by atoms with Gasteiger partial charge in [0.2, 0.25) is 0 Å². The summed E-state index contributed by atoms with van der Waals surface area (Å²) in [6.45, 7) is 1.38. The Morgan fingerprint density at radius 1 is 1.26 bits per heavy atom. The molecule has 1 aliphatic heterocycles. The van der Waals surface area contributed by atoms with Gasteiger partial charge in [0.1, 0.15) is 17.1 Å². The van der Waals surface area contributed by atoms with Crippen LogP contribution in [0.15, 0.2) is 18.2 Å². The van der Waals surface area contributed by atoms with Crippen molar-refractivity contribution in [2.24, 2.45) is 16.7 Å². The molecule has 4 aliphatic rings. The van der Waals surface area contributed by atoms with Gasteiger partial charge in [-0.25, -0.2) is 4.98 Å². The number of rotatable bonds is 5. The zero-order valence-electron chi connectivity index (χ0n) is 13.1. The van der Waals surface area contributed by atoms with Crippen LogP contribution in [0.5, 0.6) is 0 Å². The minimum Gasteiger partial charge on any atom is -0.368 e. The van der Waals surface area contributed by atoms with E-state index in [1.807, 2.05) is 12.1 Å². The Morgan fingerprint density at radius 2 is 2.00 bits per heavy atom. The molecule has 3 saturated carbocycles. The van der Waals surface area contributed by atoms with Crippen molar-refractivity contribution in [1.29, 1.82) is 0 Å². The number of carbonyl (C=O) groups excluding carboxylic acids is 1. The molecule has 1 aromatic rings. The number of ether oxygens (including phenoxy) is 1. The molecule has 122 valence electrons. The maximum atomic E-state index is 12.5. The minimum absolute atomic E-state index is 0.0258. The van der Waals surface area contributed by atoms with E-state index in [1.54, 1.807) is 11.0 Å². The fourth-order valence-electron chi connectivity index (χ4n) is 5.27. The summed E-state index contributed by atoms with van der Waals surface area (Å²) in [6.07, 6.45) is 7.33. The predicted molar refractivity (Wildman–Crippen MR) is 87.4 cm³/mol. The second kappa shape index (κ2) is 4.70. The molecule has 5 rings (SSSR count). The molecule has 1 saturated heterocycles. The highest BCUT2D eigenvalue weighted by atomic mass is 35.5. The third-order valence-corrected chi connectivity index (χ3v) is 6.89. The van der Waals surface area contributed by atoms with E-state index in [0.29, 0.717) is 17.5 Å². The van der Waals surface area contributed by atoms with Crippen LogP contribution < -0.4 is 4.90 Å². The molecule has 0 bridgehead atoms. The van der Waals surface area contributed by atoms with Crippen molar-refractivity contribution in [3.63, 3.8) is 0 Å². The first-order valence-electron chi connectivity index (χ1n) is 8.72. The summed E-state index contributed by atoms with van der Waals surface area (Å²) < 4.78 is 5.94. The molecule has 3 aliphatic carbocycles. The summed E-state index contributed by atoms with van der Waals surface area (Å²) >= 11 is 5.92. The largest absolute Gasteiger partial charge is 0.368 e. The molecule has 5 heteroatoms. The molecule has 0 radical (unpaired) electrons. The van der Waals surface area contributed by atoms with Crippen LogP contribution in [0.3, 0.4) is 0 Å². The summed E-state index contributed by atoms with van der Waals surface area (Å²) in [5, 5.41) is 0.415. The fraction of sp³-hybridized carbons (Fsp3) is 0.667. The molecular formula is C18H21ClN2O2. The van der Waals surface area contributed by atoms with Gasteiger partial charge < -0.3 is 4.74 Å². The smallest absolute Gasteiger partial charge is 0.257 e. The number of halogens is 1. The molecular weight excluding hydrogens is 312 g/mol. The van der Waals surface area contributed by atoms with Crippen LogP contribution in [0.1, 0.15) is 38.5 Å². The molecule has 4 fully saturated rings. The maximum absolute atomic E-state index is 12.5. The first kappa shape index (κ1) is 14.2. The van der Waals surface area contributed by atoms with Crippen molar-refractivity contribution < 1.29 is 9.53 Å². The second-order valence-electron chi connectivity index (χ2n) is 7.61. The first-order chi connectivity index (χ1) is 11.2. The van der Waals surface area contributed by atoms with Crippen LogP contribution in [-0.4, -0.2) is 30.1 Å². The lowest BCUT2D eigenvalue weighted by Gasteiger charge is -2.16. The predicted octanol–water partition coefficient (Wildman–Crippen LogP) is 3.44. The molecule has 23 heavy (non-hydrogen) atoms. The van der Waals surface area contributed by atoms with Gasteiger partial charge in [0.15, 0.2) is 0 Å². The van der Waals surface area contributed by atoms with Gasteiger partial charge >= 0.3 is 0 Å². The van der Waals surface area contributed by atoms with Crippen LogP contribution in [0.4, 0.5) is 5.82 Å². The lowest BCUT2D eigenvalue weighted by Crippen LogP contribution is -2.31. The van der Waals surface area contributed by atoms with E-state index in [4.69, 9.17) is 16.3 Å². The highest BCUT2D eigenvalue weighted by Crippen LogP contribution is 2.93. The number of anilines is 1. The van der Waals surface area contributed by atoms with Crippen molar-refractivity contribution in [2.75, 3.05) is 18.1 Å². The van der Waals surface area contributed by atoms with Gasteiger partial charge in [-0.15, -0.1) is 0 Å². The van der Waals surface area contributed by atoms with Crippen LogP contribution in [0, 0.1) is 16.7 Å². The van der Waals surface area contributed by atoms with E-state index in [9.17, 15) is 4.79 Å². The number of carbonyl (C=O) groups is 1. The van der Waals surface area contributed by atoms with E-state index < -0.39 is 0 Å². The number of fused-ring (bicyclic) bond motifs is 1. The number of hydrogen-bond donors (Lipinski definition) is 0. The highest BCUT2D eigenvalue weighted by molar-refractivity contribution is 6.29. The molecule has 1 aromatic heterocycles. The monoisotopic (exact) mass is 332 g/mol. The van der Waals surface area contributed by atoms with Gasteiger partial charge in [-0.3, -0.25) is 9.69 Å². The zero-order valence-corrected chi connectivity index (χ0v) is 13.9. The molecule has 4 nitrogen and oxygen atoms in total. The van der Waals surface area contributed by atoms with Crippen LogP contribution >= 0.6 is 11.6 Å². The SMILES string of the molecule is O=C1C(OCCC2C3(CC3)C23CC3)CCN1c1cccc(Cl)n1. The van der Waals surface area contributed by atoms with E-state index in [1.165, 1.54) is 25.7 Å². The number of hydrogen-bond acceptors (Lipinski definition) is 3. The minimum atomic E-state index is -0.306. The quantitative estimate of drug-likeness (QED) is 0.776. The Kier molecular flexibility index (Phi) is 2.91. The van der Waals surface area contributed by atoms with Gasteiger partial charge in [0.05, 0.1) is 0 Å². The van der Waals surface area contributed by atoms with E-state index in [0.717, 1.165) is 36.2 Å². The molecule has 1 atom stereocenters. The fourth-order valence-corrected chi connectivity index (χ4v) is 5.43. The van der Waals surface area contributed by atoms with Gasteiger partial charge in [-0.1, -0.05) is 17.7 Å². The molecule has 0 N–H and O–H groups in total. The summed E-state index contributed by atoms with van der Waals surface area (Å²) in [6, 6.07) is 5.37. The maximum Gasteiger partial charge on any atom is 0.257 e. The van der Waals surface area contributed by atoms with E-state index >= 15 is 0 Å². The zero-order chi connectivity index (χ0) is 15.7. The van der Waals surface area contributed by atoms with Gasteiger partial charge in [-0.2, -0.15) is 0 Å². The van der Waals surface area contributed by atoms with Crippen LogP contribution in [-0.2, 0) is 9.53 Å². The number of pyridine rings is 1. The molecule has 0 aromatic carbocycles. The number of aromatic nitrogens is 1. The standard InChI is InChI=1S/C18H21ClN2O2/c19-14-2-1-3-15(20-14)21-10-4-12(16(21)22)23-11-5-13-17(6-7-17)18(13)8-9-18/h1-3,12-13H,4-11H2. The second-order valence-corrected chi connectivity index (χ2v) is 8.00. The van der Waals surface area contributed by atoms with Crippen molar-refractivity contribution in [1.82, 2.24) is 4.98 Å². The molecule has 2 heterocycles. The van der Waals surface area contributed by atoms with Crippen molar-refractivity contribution >= 4 is 23.3 Å². The number of amides is 1. The topological polar surface area (TPSA) is 42.4 Å². The Hall–Kier alpha value is -1.13. The lowest BCUT2D eigenvalue weighted by molar-refractivity contribution is -0.127. The van der Waals surface area contributed by atoms with Gasteiger partial charge in [0.25, 0.3) is 5.91 Å². The van der Waals surface area contributed by atoms with Gasteiger partial charge in [-0.05, 0) is 61.0 Å². The van der Waals surface area contributed by atoms with Gasteiger partial charge in [0, 0.05) is 19.6 Å². The van der Waals surface area contributed by atoms with Crippen LogP contribution in [0.25, 0.3) is 0 Å². The Labute approximate surface area is 141 Å². The average Bonchev–Trinajstić information content (AvgIpc) is 3.46. The normalized spacial score (nSPS) is 29.5. The van der Waals surface area contributed by atoms with E-state index in [-0.39, 0.29) is 12.0 Å². The molecule has 2 spiro atoms. The average molecular weight is 333 g/mol. The Bertz CT molecular complexity index is 651. The third-order valence-electron chi connectivity index (χ3n) is 6.68. The summed E-state index contributed by atoms with van der Waals surface area (Å²) in [5.41, 5.74) is 1.46. The van der Waals surface area contributed by atoms with Crippen molar-refractivity contribution in [2.45, 2.75) is 44.6 Å². The third kappa shape index (κ3) is 2.01. The highest BCUT2D eigenvalue weighted by Gasteiger charge is 2.85. The summed E-state index contributed by atoms with van der Waals surface area (Å²) in [5.74, 6) is 1.54. The summed E-state index contributed by atoms with van der Waals surface area (Å²) in [7, 11) is 0. The first-order valence-corrected chi connectivity index (χ1v) is 9.10. The van der Waals surface area contributed by atoms with Crippen molar-refractivity contribution in [3.05, 3.63) is 23.4 Å². The lowest BCUT2D eigenvalue weighted by atomic mass is 10.2. The number of nitrogens with zero attached hydrogens (tertiary/aromatic N) is 2. The Morgan fingerprint density at radius 3 is 2.65 bits per heavy atom.